The molecule has 0 atom stereocenters. The number of methoxy groups -OCH3 is 2. The van der Waals surface area contributed by atoms with Gasteiger partial charge in [-0.15, -0.1) is 0 Å². The van der Waals surface area contributed by atoms with E-state index in [0.29, 0.717) is 29.3 Å². The van der Waals surface area contributed by atoms with Gasteiger partial charge in [0.25, 0.3) is 0 Å². The van der Waals surface area contributed by atoms with Gasteiger partial charge in [0, 0.05) is 5.56 Å². The van der Waals surface area contributed by atoms with Gasteiger partial charge in [0.05, 0.1) is 20.5 Å². The third kappa shape index (κ3) is 5.42. The van der Waals surface area contributed by atoms with E-state index in [4.69, 9.17) is 19.1 Å². The van der Waals surface area contributed by atoms with E-state index in [1.807, 2.05) is 6.92 Å². The number of hydrogen-bond acceptors (Lipinski definition) is 7. The Kier molecular flexibility index (Phi) is 8.04. The summed E-state index contributed by atoms with van der Waals surface area (Å²) >= 11 is 0. The standard InChI is InChI=1S/C17H22N2O5/c1-6-23-18-12(2)13(3)19-24-16-10-8-7-9-14(16)15(11-21-4)17(20)22-5/h7-11H,6H2,1-5H3/b15-11-,18-12+,19-13+. The van der Waals surface area contributed by atoms with E-state index < -0.39 is 5.97 Å². The van der Waals surface area contributed by atoms with Crippen LogP contribution in [0.4, 0.5) is 0 Å². The van der Waals surface area contributed by atoms with Crippen LogP contribution in [0, 0.1) is 0 Å². The molecule has 0 aliphatic carbocycles. The third-order valence-electron chi connectivity index (χ3n) is 2.95. The van der Waals surface area contributed by atoms with Crippen LogP contribution in [0.25, 0.3) is 5.57 Å². The summed E-state index contributed by atoms with van der Waals surface area (Å²) in [6, 6.07) is 6.94. The number of carbonyl (C=O) groups is 1. The van der Waals surface area contributed by atoms with E-state index >= 15 is 0 Å². The molecule has 0 unspecified atom stereocenters. The molecular weight excluding hydrogens is 312 g/mol. The van der Waals surface area contributed by atoms with Gasteiger partial charge in [-0.1, -0.05) is 28.5 Å². The Morgan fingerprint density at radius 1 is 1.12 bits per heavy atom. The van der Waals surface area contributed by atoms with Gasteiger partial charge in [0.1, 0.15) is 23.6 Å². The van der Waals surface area contributed by atoms with Crippen molar-refractivity contribution in [1.29, 1.82) is 0 Å². The first-order valence-corrected chi connectivity index (χ1v) is 7.34. The van der Waals surface area contributed by atoms with Gasteiger partial charge in [-0.3, -0.25) is 0 Å². The molecule has 24 heavy (non-hydrogen) atoms. The van der Waals surface area contributed by atoms with Gasteiger partial charge in [0.2, 0.25) is 0 Å². The lowest BCUT2D eigenvalue weighted by Gasteiger charge is -2.10. The minimum absolute atomic E-state index is 0.225. The van der Waals surface area contributed by atoms with Gasteiger partial charge in [-0.25, -0.2) is 4.79 Å². The van der Waals surface area contributed by atoms with Gasteiger partial charge in [0.15, 0.2) is 5.75 Å². The first-order chi connectivity index (χ1) is 11.5. The maximum absolute atomic E-state index is 11.9. The van der Waals surface area contributed by atoms with Crippen LogP contribution >= 0.6 is 0 Å². The molecule has 7 heteroatoms. The maximum Gasteiger partial charge on any atom is 0.341 e. The minimum atomic E-state index is -0.539. The number of ether oxygens (including phenoxy) is 2. The molecule has 0 fully saturated rings. The Hall–Kier alpha value is -2.83. The molecule has 0 saturated carbocycles. The predicted octanol–water partition coefficient (Wildman–Crippen LogP) is 3.01. The second-order valence-corrected chi connectivity index (χ2v) is 4.62. The van der Waals surface area contributed by atoms with Crippen molar-refractivity contribution in [3.05, 3.63) is 36.1 Å². The fraction of sp³-hybridized carbons (Fsp3) is 0.353. The van der Waals surface area contributed by atoms with E-state index in [9.17, 15) is 4.79 Å². The van der Waals surface area contributed by atoms with Gasteiger partial charge >= 0.3 is 5.97 Å². The van der Waals surface area contributed by atoms with Crippen LogP contribution in [0.1, 0.15) is 26.3 Å². The average Bonchev–Trinajstić information content (AvgIpc) is 2.61. The highest BCUT2D eigenvalue weighted by molar-refractivity contribution is 6.40. The number of oxime groups is 2. The number of esters is 1. The lowest BCUT2D eigenvalue weighted by molar-refractivity contribution is -0.133. The Morgan fingerprint density at radius 2 is 1.79 bits per heavy atom. The Morgan fingerprint density at radius 3 is 2.42 bits per heavy atom. The Labute approximate surface area is 141 Å². The molecule has 0 spiro atoms. The first-order valence-electron chi connectivity index (χ1n) is 7.34. The molecule has 0 aliphatic rings. The number of nitrogens with zero attached hydrogens (tertiary/aromatic N) is 2. The fourth-order valence-electron chi connectivity index (χ4n) is 1.63. The summed E-state index contributed by atoms with van der Waals surface area (Å²) in [4.78, 5) is 22.4. The summed E-state index contributed by atoms with van der Waals surface area (Å²) in [7, 11) is 2.74. The molecule has 0 heterocycles. The van der Waals surface area contributed by atoms with E-state index in [-0.39, 0.29) is 5.57 Å². The normalized spacial score (nSPS) is 12.6. The van der Waals surface area contributed by atoms with Crippen molar-refractivity contribution in [3.8, 4) is 5.75 Å². The summed E-state index contributed by atoms with van der Waals surface area (Å²) in [5, 5.41) is 7.90. The molecule has 1 aromatic rings. The molecule has 0 amide bonds. The van der Waals surface area contributed by atoms with Gasteiger partial charge < -0.3 is 19.1 Å². The Bertz CT molecular complexity index is 650. The van der Waals surface area contributed by atoms with Crippen molar-refractivity contribution < 1.29 is 23.9 Å². The molecule has 1 aromatic carbocycles. The van der Waals surface area contributed by atoms with Gasteiger partial charge in [-0.05, 0) is 26.8 Å². The van der Waals surface area contributed by atoms with Crippen LogP contribution in [-0.4, -0.2) is 38.2 Å². The van der Waals surface area contributed by atoms with Crippen molar-refractivity contribution >= 4 is 23.0 Å². The van der Waals surface area contributed by atoms with Gasteiger partial charge in [-0.2, -0.15) is 0 Å². The van der Waals surface area contributed by atoms with Crippen LogP contribution in [0.2, 0.25) is 0 Å². The molecule has 0 aliphatic heterocycles. The number of hydrogen-bond donors (Lipinski definition) is 0. The maximum atomic E-state index is 11.9. The number of rotatable bonds is 8. The number of para-hydroxylation sites is 1. The summed E-state index contributed by atoms with van der Waals surface area (Å²) in [5.74, 6) is -0.155. The smallest absolute Gasteiger partial charge is 0.341 e. The summed E-state index contributed by atoms with van der Waals surface area (Å²) in [5.41, 5.74) is 1.87. The van der Waals surface area contributed by atoms with Crippen LogP contribution < -0.4 is 4.84 Å². The quantitative estimate of drug-likeness (QED) is 0.240. The highest BCUT2D eigenvalue weighted by atomic mass is 16.6. The zero-order valence-corrected chi connectivity index (χ0v) is 14.5. The lowest BCUT2D eigenvalue weighted by Crippen LogP contribution is -2.09. The average molecular weight is 334 g/mol. The molecule has 1 rings (SSSR count). The monoisotopic (exact) mass is 334 g/mol. The van der Waals surface area contributed by atoms with Crippen molar-refractivity contribution in [3.63, 3.8) is 0 Å². The van der Waals surface area contributed by atoms with E-state index in [1.165, 1.54) is 20.5 Å². The molecular formula is C17H22N2O5. The second kappa shape index (κ2) is 10.0. The van der Waals surface area contributed by atoms with E-state index in [0.717, 1.165) is 0 Å². The van der Waals surface area contributed by atoms with Crippen molar-refractivity contribution in [2.75, 3.05) is 20.8 Å². The highest BCUT2D eigenvalue weighted by Gasteiger charge is 2.18. The molecule has 130 valence electrons. The molecule has 0 bridgehead atoms. The molecule has 0 radical (unpaired) electrons. The zero-order chi connectivity index (χ0) is 17.9. The number of carbonyl (C=O) groups excluding carboxylic acids is 1. The van der Waals surface area contributed by atoms with Crippen LogP contribution in [0.15, 0.2) is 40.8 Å². The topological polar surface area (TPSA) is 78.7 Å². The summed E-state index contributed by atoms with van der Waals surface area (Å²) in [6.45, 7) is 5.81. The summed E-state index contributed by atoms with van der Waals surface area (Å²) in [6.07, 6.45) is 1.30. The predicted molar refractivity (Wildman–Crippen MR) is 91.9 cm³/mol. The molecule has 0 N–H and O–H groups in total. The fourth-order valence-corrected chi connectivity index (χ4v) is 1.63. The van der Waals surface area contributed by atoms with Crippen molar-refractivity contribution in [2.24, 2.45) is 10.3 Å². The van der Waals surface area contributed by atoms with Crippen molar-refractivity contribution in [2.45, 2.75) is 20.8 Å². The van der Waals surface area contributed by atoms with E-state index in [1.54, 1.807) is 38.1 Å². The van der Waals surface area contributed by atoms with E-state index in [2.05, 4.69) is 10.3 Å². The van der Waals surface area contributed by atoms with Crippen LogP contribution in [-0.2, 0) is 19.1 Å². The molecule has 0 aromatic heterocycles. The molecule has 0 saturated heterocycles. The third-order valence-corrected chi connectivity index (χ3v) is 2.95. The first kappa shape index (κ1) is 19.2. The van der Waals surface area contributed by atoms with Crippen LogP contribution in [0.3, 0.4) is 0 Å². The van der Waals surface area contributed by atoms with Crippen molar-refractivity contribution in [1.82, 2.24) is 0 Å². The zero-order valence-electron chi connectivity index (χ0n) is 14.5. The lowest BCUT2D eigenvalue weighted by atomic mass is 10.1. The SMILES string of the molecule is CCO/N=C(C)/C(C)=N/Oc1ccccc1/C(=C/OC)C(=O)OC. The molecule has 7 nitrogen and oxygen atoms in total. The summed E-state index contributed by atoms with van der Waals surface area (Å²) < 4.78 is 9.72. The highest BCUT2D eigenvalue weighted by Crippen LogP contribution is 2.27. The minimum Gasteiger partial charge on any atom is -0.503 e. The van der Waals surface area contributed by atoms with Crippen LogP contribution in [0.5, 0.6) is 5.75 Å². The number of benzene rings is 1. The Balaban J connectivity index is 3.10. The second-order valence-electron chi connectivity index (χ2n) is 4.62. The largest absolute Gasteiger partial charge is 0.503 e.